The number of nitrogens with one attached hydrogen (secondary N) is 1. The van der Waals surface area contributed by atoms with Crippen molar-refractivity contribution in [2.75, 3.05) is 11.1 Å². The van der Waals surface area contributed by atoms with E-state index >= 15 is 0 Å². The first-order chi connectivity index (χ1) is 11.0. The third-order valence-electron chi connectivity index (χ3n) is 2.94. The van der Waals surface area contributed by atoms with Crippen LogP contribution in [0.2, 0.25) is 0 Å². The predicted molar refractivity (Wildman–Crippen MR) is 87.6 cm³/mol. The maximum Gasteiger partial charge on any atom is 0.340 e. The number of benzene rings is 1. The molecule has 1 aromatic heterocycles. The quantitative estimate of drug-likeness (QED) is 0.645. The van der Waals surface area contributed by atoms with Crippen molar-refractivity contribution in [2.45, 2.75) is 31.8 Å². The molecule has 1 amide bonds. The SMILES string of the molecule is CCSc1ccccc1C(=O)OC(C)C(=O)Nc1cc(C)on1. The zero-order valence-electron chi connectivity index (χ0n) is 13.2. The molecular formula is C16H18N2O4S. The standard InChI is InChI=1S/C16H18N2O4S/c1-4-23-13-8-6-5-7-12(13)16(20)21-11(3)15(19)17-14-9-10(2)22-18-14/h5-9,11H,4H2,1-3H3,(H,17,18,19). The van der Waals surface area contributed by atoms with E-state index < -0.39 is 18.0 Å². The van der Waals surface area contributed by atoms with Crippen LogP contribution in [-0.4, -0.2) is 28.9 Å². The number of ether oxygens (including phenoxy) is 1. The van der Waals surface area contributed by atoms with Gasteiger partial charge in [-0.05, 0) is 31.7 Å². The van der Waals surface area contributed by atoms with Gasteiger partial charge in [-0.25, -0.2) is 4.79 Å². The maximum absolute atomic E-state index is 12.3. The zero-order chi connectivity index (χ0) is 16.8. The Kier molecular flexibility index (Phi) is 5.81. The molecule has 6 nitrogen and oxygen atoms in total. The number of amides is 1. The summed E-state index contributed by atoms with van der Waals surface area (Å²) in [5, 5.41) is 6.20. The van der Waals surface area contributed by atoms with Crippen LogP contribution >= 0.6 is 11.8 Å². The van der Waals surface area contributed by atoms with Gasteiger partial charge in [0.25, 0.3) is 5.91 Å². The number of carbonyl (C=O) groups excluding carboxylic acids is 2. The Morgan fingerprint density at radius 3 is 2.78 bits per heavy atom. The fourth-order valence-corrected chi connectivity index (χ4v) is 2.64. The number of hydrogen-bond donors (Lipinski definition) is 1. The molecule has 0 spiro atoms. The molecule has 1 atom stereocenters. The van der Waals surface area contributed by atoms with E-state index in [4.69, 9.17) is 9.26 Å². The Balaban J connectivity index is 2.00. The number of carbonyl (C=O) groups is 2. The minimum Gasteiger partial charge on any atom is -0.449 e. The van der Waals surface area contributed by atoms with Gasteiger partial charge in [0.05, 0.1) is 5.56 Å². The molecule has 0 aliphatic heterocycles. The lowest BCUT2D eigenvalue weighted by atomic mass is 10.2. The molecule has 1 heterocycles. The first kappa shape index (κ1) is 17.1. The summed E-state index contributed by atoms with van der Waals surface area (Å²) < 4.78 is 10.1. The Hall–Kier alpha value is -2.28. The number of esters is 1. The van der Waals surface area contributed by atoms with E-state index in [0.29, 0.717) is 11.3 Å². The van der Waals surface area contributed by atoms with E-state index in [1.165, 1.54) is 6.92 Å². The molecule has 1 unspecified atom stereocenters. The van der Waals surface area contributed by atoms with E-state index in [2.05, 4.69) is 10.5 Å². The van der Waals surface area contributed by atoms with Gasteiger partial charge in [-0.15, -0.1) is 11.8 Å². The molecule has 0 aliphatic rings. The van der Waals surface area contributed by atoms with Crippen molar-refractivity contribution in [2.24, 2.45) is 0 Å². The van der Waals surface area contributed by atoms with Gasteiger partial charge in [-0.1, -0.05) is 24.2 Å². The van der Waals surface area contributed by atoms with Crippen LogP contribution in [0.3, 0.4) is 0 Å². The van der Waals surface area contributed by atoms with Gasteiger partial charge in [0, 0.05) is 11.0 Å². The monoisotopic (exact) mass is 334 g/mol. The van der Waals surface area contributed by atoms with Crippen molar-refractivity contribution < 1.29 is 18.8 Å². The third kappa shape index (κ3) is 4.59. The summed E-state index contributed by atoms with van der Waals surface area (Å²) in [6.07, 6.45) is -0.945. The highest BCUT2D eigenvalue weighted by Gasteiger charge is 2.21. The summed E-state index contributed by atoms with van der Waals surface area (Å²) in [7, 11) is 0. The van der Waals surface area contributed by atoms with E-state index in [9.17, 15) is 9.59 Å². The number of aryl methyl sites for hydroxylation is 1. The molecule has 1 aromatic carbocycles. The minimum absolute atomic E-state index is 0.289. The van der Waals surface area contributed by atoms with E-state index in [1.807, 2.05) is 19.1 Å². The fourth-order valence-electron chi connectivity index (χ4n) is 1.85. The number of thioether (sulfide) groups is 1. The number of hydrogen-bond acceptors (Lipinski definition) is 6. The topological polar surface area (TPSA) is 81.4 Å². The Bertz CT molecular complexity index is 699. The van der Waals surface area contributed by atoms with Gasteiger partial charge >= 0.3 is 5.97 Å². The second kappa shape index (κ2) is 7.82. The Morgan fingerprint density at radius 2 is 2.13 bits per heavy atom. The van der Waals surface area contributed by atoms with Crippen LogP contribution in [0, 0.1) is 6.92 Å². The van der Waals surface area contributed by atoms with Crippen LogP contribution in [0.15, 0.2) is 39.8 Å². The highest BCUT2D eigenvalue weighted by atomic mass is 32.2. The van der Waals surface area contributed by atoms with Gasteiger partial charge in [0.1, 0.15) is 5.76 Å². The van der Waals surface area contributed by atoms with Crippen LogP contribution < -0.4 is 5.32 Å². The lowest BCUT2D eigenvalue weighted by molar-refractivity contribution is -0.123. The van der Waals surface area contributed by atoms with Crippen LogP contribution in [-0.2, 0) is 9.53 Å². The summed E-state index contributed by atoms with van der Waals surface area (Å²) in [5.74, 6) is 0.715. The molecule has 1 N–H and O–H groups in total. The average molecular weight is 334 g/mol. The summed E-state index contributed by atoms with van der Waals surface area (Å²) in [6, 6.07) is 8.75. The molecule has 122 valence electrons. The first-order valence-electron chi connectivity index (χ1n) is 7.18. The largest absolute Gasteiger partial charge is 0.449 e. The van der Waals surface area contributed by atoms with Crippen LogP contribution in [0.25, 0.3) is 0 Å². The van der Waals surface area contributed by atoms with Crippen molar-refractivity contribution in [3.05, 3.63) is 41.7 Å². The Labute approximate surface area is 138 Å². The van der Waals surface area contributed by atoms with Gasteiger partial charge in [-0.3, -0.25) is 4.79 Å². The third-order valence-corrected chi connectivity index (χ3v) is 3.89. The lowest BCUT2D eigenvalue weighted by Crippen LogP contribution is -2.30. The van der Waals surface area contributed by atoms with Crippen LogP contribution in [0.5, 0.6) is 0 Å². The number of rotatable bonds is 6. The molecule has 0 saturated carbocycles. The summed E-state index contributed by atoms with van der Waals surface area (Å²) in [6.45, 7) is 5.23. The van der Waals surface area contributed by atoms with Gasteiger partial charge in [0.15, 0.2) is 11.9 Å². The summed E-state index contributed by atoms with van der Waals surface area (Å²) >= 11 is 1.55. The van der Waals surface area contributed by atoms with Crippen LogP contribution in [0.4, 0.5) is 5.82 Å². The second-order valence-electron chi connectivity index (χ2n) is 4.79. The molecule has 0 fully saturated rings. The number of aromatic nitrogens is 1. The maximum atomic E-state index is 12.3. The van der Waals surface area contributed by atoms with Gasteiger partial charge in [-0.2, -0.15) is 0 Å². The number of nitrogens with zero attached hydrogens (tertiary/aromatic N) is 1. The molecule has 0 aliphatic carbocycles. The Morgan fingerprint density at radius 1 is 1.39 bits per heavy atom. The van der Waals surface area contributed by atoms with Crippen molar-refractivity contribution >= 4 is 29.5 Å². The molecule has 2 rings (SSSR count). The van der Waals surface area contributed by atoms with Crippen molar-refractivity contribution in [1.29, 1.82) is 0 Å². The molecule has 0 bridgehead atoms. The highest BCUT2D eigenvalue weighted by molar-refractivity contribution is 7.99. The molecular weight excluding hydrogens is 316 g/mol. The fraction of sp³-hybridized carbons (Fsp3) is 0.312. The normalized spacial score (nSPS) is 11.8. The molecule has 7 heteroatoms. The van der Waals surface area contributed by atoms with Crippen LogP contribution in [0.1, 0.15) is 30.0 Å². The predicted octanol–water partition coefficient (Wildman–Crippen LogP) is 3.28. The molecule has 23 heavy (non-hydrogen) atoms. The van der Waals surface area contributed by atoms with E-state index in [0.717, 1.165) is 10.6 Å². The molecule has 0 radical (unpaired) electrons. The second-order valence-corrected chi connectivity index (χ2v) is 6.09. The minimum atomic E-state index is -0.945. The molecule has 2 aromatic rings. The van der Waals surface area contributed by atoms with E-state index in [1.54, 1.807) is 36.9 Å². The van der Waals surface area contributed by atoms with Crippen molar-refractivity contribution in [3.63, 3.8) is 0 Å². The average Bonchev–Trinajstić information content (AvgIpc) is 2.93. The smallest absolute Gasteiger partial charge is 0.340 e. The number of anilines is 1. The lowest BCUT2D eigenvalue weighted by Gasteiger charge is -2.13. The summed E-state index contributed by atoms with van der Waals surface area (Å²) in [4.78, 5) is 25.1. The highest BCUT2D eigenvalue weighted by Crippen LogP contribution is 2.23. The summed E-state index contributed by atoms with van der Waals surface area (Å²) in [5.41, 5.74) is 0.455. The first-order valence-corrected chi connectivity index (χ1v) is 8.16. The van der Waals surface area contributed by atoms with Crippen molar-refractivity contribution in [3.8, 4) is 0 Å². The van der Waals surface area contributed by atoms with E-state index in [-0.39, 0.29) is 5.82 Å². The molecule has 0 saturated heterocycles. The zero-order valence-corrected chi connectivity index (χ0v) is 14.0. The van der Waals surface area contributed by atoms with Crippen molar-refractivity contribution in [1.82, 2.24) is 5.16 Å². The van der Waals surface area contributed by atoms with Gasteiger partial charge < -0.3 is 14.6 Å². The van der Waals surface area contributed by atoms with Gasteiger partial charge in [0.2, 0.25) is 0 Å².